The summed E-state index contributed by atoms with van der Waals surface area (Å²) in [6, 6.07) is 27.3. The van der Waals surface area contributed by atoms with Crippen LogP contribution in [0.5, 0.6) is 5.75 Å². The van der Waals surface area contributed by atoms with Crippen LogP contribution in [0.1, 0.15) is 85.5 Å². The molecule has 7 heteroatoms. The average Bonchev–Trinajstić information content (AvgIpc) is 3.07. The van der Waals surface area contributed by atoms with Gasteiger partial charge in [0.2, 0.25) is 0 Å². The number of nitrogens with zero attached hydrogens (tertiary/aromatic N) is 3. The van der Waals surface area contributed by atoms with Crippen molar-refractivity contribution in [1.29, 1.82) is 0 Å². The van der Waals surface area contributed by atoms with Crippen molar-refractivity contribution in [3.05, 3.63) is 113 Å². The van der Waals surface area contributed by atoms with Gasteiger partial charge in [-0.15, -0.1) is 5.11 Å². The summed E-state index contributed by atoms with van der Waals surface area (Å²) in [6.07, 6.45) is 6.28. The second kappa shape index (κ2) is 12.6. The third kappa shape index (κ3) is 5.60. The number of hydrogen-bond donors (Lipinski definition) is 3. The number of carbonyl (C=O) groups excluding carboxylic acids is 1. The van der Waals surface area contributed by atoms with Crippen molar-refractivity contribution in [1.82, 2.24) is 5.43 Å². The monoisotopic (exact) mass is 597 g/mol. The number of hydrogen-bond acceptors (Lipinski definition) is 6. The predicted octanol–water partition coefficient (Wildman–Crippen LogP) is 9.32. The quantitative estimate of drug-likeness (QED) is 0.0785. The van der Waals surface area contributed by atoms with Crippen LogP contribution in [-0.4, -0.2) is 16.7 Å². The Hall–Kier alpha value is -4.88. The SMILES string of the molecule is CCCCCc1ccc2c3c(cccc13)C2=NNC(=O)c1cc2ccccc2c(N=Nc2ccc(C(N)(CC)CC)cc2)c1O. The molecule has 0 saturated heterocycles. The second-order valence-electron chi connectivity index (χ2n) is 11.8. The van der Waals surface area contributed by atoms with E-state index in [-0.39, 0.29) is 22.5 Å². The van der Waals surface area contributed by atoms with Crippen molar-refractivity contribution in [2.24, 2.45) is 21.1 Å². The Morgan fingerprint density at radius 1 is 0.844 bits per heavy atom. The molecule has 5 aromatic rings. The second-order valence-corrected chi connectivity index (χ2v) is 11.8. The van der Waals surface area contributed by atoms with Gasteiger partial charge < -0.3 is 10.8 Å². The maximum absolute atomic E-state index is 13.5. The van der Waals surface area contributed by atoms with Crippen LogP contribution in [0.3, 0.4) is 0 Å². The lowest BCUT2D eigenvalue weighted by atomic mass is 9.81. The van der Waals surface area contributed by atoms with Crippen LogP contribution in [-0.2, 0) is 12.0 Å². The highest BCUT2D eigenvalue weighted by Crippen LogP contribution is 2.40. The zero-order chi connectivity index (χ0) is 31.6. The van der Waals surface area contributed by atoms with Gasteiger partial charge in [-0.05, 0) is 65.8 Å². The van der Waals surface area contributed by atoms with Gasteiger partial charge >= 0.3 is 0 Å². The van der Waals surface area contributed by atoms with Crippen molar-refractivity contribution < 1.29 is 9.90 Å². The number of aryl methyl sites for hydroxylation is 1. The number of hydrazone groups is 1. The number of carbonyl (C=O) groups is 1. The zero-order valence-corrected chi connectivity index (χ0v) is 26.1. The highest BCUT2D eigenvalue weighted by Gasteiger charge is 2.27. The first kappa shape index (κ1) is 30.2. The van der Waals surface area contributed by atoms with Crippen molar-refractivity contribution in [2.75, 3.05) is 0 Å². The molecule has 0 unspecified atom stereocenters. The van der Waals surface area contributed by atoms with Crippen LogP contribution in [0, 0.1) is 0 Å². The van der Waals surface area contributed by atoms with E-state index < -0.39 is 5.91 Å². The van der Waals surface area contributed by atoms with E-state index in [4.69, 9.17) is 5.73 Å². The molecule has 1 aliphatic carbocycles. The van der Waals surface area contributed by atoms with Gasteiger partial charge in [-0.1, -0.05) is 100 Å². The highest BCUT2D eigenvalue weighted by molar-refractivity contribution is 6.34. The van der Waals surface area contributed by atoms with E-state index in [0.717, 1.165) is 47.1 Å². The van der Waals surface area contributed by atoms with E-state index in [1.165, 1.54) is 35.6 Å². The Kier molecular flexibility index (Phi) is 8.46. The van der Waals surface area contributed by atoms with E-state index in [0.29, 0.717) is 11.1 Å². The number of benzene rings is 5. The number of aromatic hydroxyl groups is 1. The van der Waals surface area contributed by atoms with Crippen LogP contribution in [0.25, 0.3) is 21.5 Å². The molecule has 0 bridgehead atoms. The number of phenols is 1. The van der Waals surface area contributed by atoms with Gasteiger partial charge in [0, 0.05) is 27.4 Å². The van der Waals surface area contributed by atoms with Crippen molar-refractivity contribution >= 4 is 44.5 Å². The fourth-order valence-electron chi connectivity index (χ4n) is 6.23. The van der Waals surface area contributed by atoms with E-state index in [1.807, 2.05) is 60.7 Å². The third-order valence-corrected chi connectivity index (χ3v) is 9.17. The number of nitrogens with two attached hydrogens (primary N) is 1. The lowest BCUT2D eigenvalue weighted by Crippen LogP contribution is -2.34. The molecule has 0 aromatic heterocycles. The van der Waals surface area contributed by atoms with E-state index in [1.54, 1.807) is 6.07 Å². The summed E-state index contributed by atoms with van der Waals surface area (Å²) in [5.41, 5.74) is 14.9. The van der Waals surface area contributed by atoms with Crippen LogP contribution in [0.2, 0.25) is 0 Å². The van der Waals surface area contributed by atoms with Crippen molar-refractivity contribution in [3.63, 3.8) is 0 Å². The number of fused-ring (bicyclic) bond motifs is 1. The summed E-state index contributed by atoms with van der Waals surface area (Å²) >= 11 is 0. The first-order valence-electron chi connectivity index (χ1n) is 15.9. The summed E-state index contributed by atoms with van der Waals surface area (Å²) in [5, 5.41) is 28.5. The van der Waals surface area contributed by atoms with E-state index in [9.17, 15) is 9.90 Å². The number of nitrogens with one attached hydrogen (secondary N) is 1. The first-order valence-corrected chi connectivity index (χ1v) is 15.9. The summed E-state index contributed by atoms with van der Waals surface area (Å²) in [5.74, 6) is -0.778. The Morgan fingerprint density at radius 2 is 1.58 bits per heavy atom. The smallest absolute Gasteiger partial charge is 0.275 e. The van der Waals surface area contributed by atoms with Gasteiger partial charge in [0.1, 0.15) is 5.69 Å². The molecule has 228 valence electrons. The van der Waals surface area contributed by atoms with Crippen LogP contribution in [0.4, 0.5) is 11.4 Å². The number of phenolic OH excluding ortho intramolecular Hbond substituents is 1. The molecule has 6 rings (SSSR count). The van der Waals surface area contributed by atoms with Gasteiger partial charge in [0.25, 0.3) is 5.91 Å². The van der Waals surface area contributed by atoms with Crippen LogP contribution >= 0.6 is 0 Å². The van der Waals surface area contributed by atoms with Crippen molar-refractivity contribution in [2.45, 2.75) is 64.8 Å². The fraction of sp³-hybridized carbons (Fsp3) is 0.263. The lowest BCUT2D eigenvalue weighted by Gasteiger charge is -2.27. The van der Waals surface area contributed by atoms with E-state index >= 15 is 0 Å². The third-order valence-electron chi connectivity index (χ3n) is 9.17. The molecule has 5 aromatic carbocycles. The molecule has 0 saturated carbocycles. The predicted molar refractivity (Wildman–Crippen MR) is 183 cm³/mol. The number of azo groups is 1. The summed E-state index contributed by atoms with van der Waals surface area (Å²) < 4.78 is 0. The van der Waals surface area contributed by atoms with Gasteiger partial charge in [-0.2, -0.15) is 10.2 Å². The Balaban J connectivity index is 1.27. The van der Waals surface area contributed by atoms with Crippen LogP contribution in [0.15, 0.2) is 100 Å². The normalized spacial score (nSPS) is 13.6. The minimum atomic E-state index is -0.526. The number of rotatable bonds is 11. The van der Waals surface area contributed by atoms with Crippen molar-refractivity contribution in [3.8, 4) is 5.75 Å². The zero-order valence-electron chi connectivity index (χ0n) is 26.1. The molecule has 45 heavy (non-hydrogen) atoms. The van der Waals surface area contributed by atoms with Gasteiger partial charge in [0.15, 0.2) is 5.75 Å². The summed E-state index contributed by atoms with van der Waals surface area (Å²) in [7, 11) is 0. The Labute approximate surface area is 263 Å². The molecule has 0 fully saturated rings. The van der Waals surface area contributed by atoms with Crippen LogP contribution < -0.4 is 11.2 Å². The maximum Gasteiger partial charge on any atom is 0.275 e. The fourth-order valence-corrected chi connectivity index (χ4v) is 6.23. The maximum atomic E-state index is 13.5. The Morgan fingerprint density at radius 3 is 2.33 bits per heavy atom. The van der Waals surface area contributed by atoms with Gasteiger partial charge in [-0.3, -0.25) is 4.79 Å². The molecule has 0 spiro atoms. The number of amides is 1. The molecule has 0 radical (unpaired) electrons. The Bertz CT molecular complexity index is 1940. The minimum absolute atomic E-state index is 0.0742. The summed E-state index contributed by atoms with van der Waals surface area (Å²) in [4.78, 5) is 13.5. The summed E-state index contributed by atoms with van der Waals surface area (Å²) in [6.45, 7) is 6.37. The van der Waals surface area contributed by atoms with Gasteiger partial charge in [-0.25, -0.2) is 5.43 Å². The molecule has 0 atom stereocenters. The lowest BCUT2D eigenvalue weighted by molar-refractivity contribution is 0.0952. The molecular weight excluding hydrogens is 558 g/mol. The van der Waals surface area contributed by atoms with Gasteiger partial charge in [0.05, 0.1) is 17.0 Å². The number of unbranched alkanes of at least 4 members (excludes halogenated alkanes) is 2. The molecule has 0 aliphatic heterocycles. The van der Waals surface area contributed by atoms with E-state index in [2.05, 4.69) is 59.7 Å². The standard InChI is InChI=1S/C38H39N5O2/c1-4-7-8-12-24-17-22-31-33-28(24)15-11-16-30(33)34(31)41-43-37(45)32-23-25-13-9-10-14-29(25)35(36(32)44)42-40-27-20-18-26(19-21-27)38(39,5-2)6-3/h9-11,13-23,44H,4-8,12,39H2,1-3H3,(H,43,45). The molecule has 1 amide bonds. The molecule has 1 aliphatic rings. The molecule has 0 heterocycles. The largest absolute Gasteiger partial charge is 0.505 e. The molecule has 7 nitrogen and oxygen atoms in total. The minimum Gasteiger partial charge on any atom is -0.505 e. The first-order chi connectivity index (χ1) is 21.9. The topological polar surface area (TPSA) is 112 Å². The highest BCUT2D eigenvalue weighted by atomic mass is 16.3. The molecular formula is C38H39N5O2. The average molecular weight is 598 g/mol. The molecule has 4 N–H and O–H groups in total.